The standard InChI is InChI=1S/C15H18N4O2/c1-3-10-16-14-9-8-12(18-19-14)15(20)17-11-6-4-5-7-13(11)21-2/h4-9H,3,10H2,1-2H3,(H,16,19)(H,17,20). The molecule has 0 bridgehead atoms. The van der Waals surface area contributed by atoms with Gasteiger partial charge < -0.3 is 15.4 Å². The van der Waals surface area contributed by atoms with E-state index in [4.69, 9.17) is 4.74 Å². The molecule has 1 aromatic carbocycles. The highest BCUT2D eigenvalue weighted by atomic mass is 16.5. The summed E-state index contributed by atoms with van der Waals surface area (Å²) in [6, 6.07) is 10.6. The zero-order valence-corrected chi connectivity index (χ0v) is 12.1. The molecule has 2 rings (SSSR count). The maximum absolute atomic E-state index is 12.1. The summed E-state index contributed by atoms with van der Waals surface area (Å²) in [5.41, 5.74) is 0.850. The Morgan fingerprint density at radius 2 is 2.00 bits per heavy atom. The number of carbonyl (C=O) groups is 1. The summed E-state index contributed by atoms with van der Waals surface area (Å²) < 4.78 is 5.18. The van der Waals surface area contributed by atoms with Gasteiger partial charge in [-0.15, -0.1) is 10.2 Å². The molecule has 21 heavy (non-hydrogen) atoms. The normalized spacial score (nSPS) is 10.0. The van der Waals surface area contributed by atoms with Gasteiger partial charge in [-0.3, -0.25) is 4.79 Å². The van der Waals surface area contributed by atoms with Crippen LogP contribution in [-0.4, -0.2) is 29.8 Å². The lowest BCUT2D eigenvalue weighted by Crippen LogP contribution is -2.15. The van der Waals surface area contributed by atoms with Gasteiger partial charge >= 0.3 is 0 Å². The van der Waals surface area contributed by atoms with Crippen LogP contribution in [0.4, 0.5) is 11.5 Å². The van der Waals surface area contributed by atoms with E-state index in [0.29, 0.717) is 17.3 Å². The average Bonchev–Trinajstić information content (AvgIpc) is 2.54. The molecule has 110 valence electrons. The van der Waals surface area contributed by atoms with Crippen molar-refractivity contribution in [2.75, 3.05) is 24.3 Å². The molecule has 0 saturated carbocycles. The molecule has 6 nitrogen and oxygen atoms in total. The average molecular weight is 286 g/mol. The van der Waals surface area contributed by atoms with Crippen molar-refractivity contribution in [3.05, 3.63) is 42.1 Å². The van der Waals surface area contributed by atoms with E-state index in [0.717, 1.165) is 13.0 Å². The Bertz CT molecular complexity index is 599. The number of hydrogen-bond acceptors (Lipinski definition) is 5. The number of anilines is 2. The molecule has 1 amide bonds. The topological polar surface area (TPSA) is 76.1 Å². The van der Waals surface area contributed by atoms with Crippen LogP contribution in [-0.2, 0) is 0 Å². The number of methoxy groups -OCH3 is 1. The van der Waals surface area contributed by atoms with Crippen molar-refractivity contribution in [1.82, 2.24) is 10.2 Å². The number of carbonyl (C=O) groups excluding carboxylic acids is 1. The lowest BCUT2D eigenvalue weighted by atomic mass is 10.2. The zero-order valence-electron chi connectivity index (χ0n) is 12.1. The first kappa shape index (κ1) is 14.8. The second kappa shape index (κ2) is 7.23. The lowest BCUT2D eigenvalue weighted by molar-refractivity contribution is 0.102. The second-order valence-corrected chi connectivity index (χ2v) is 4.38. The summed E-state index contributed by atoms with van der Waals surface area (Å²) in [5, 5.41) is 13.7. The van der Waals surface area contributed by atoms with Crippen LogP contribution in [0.5, 0.6) is 5.75 Å². The molecule has 0 aliphatic rings. The molecule has 0 aliphatic heterocycles. The van der Waals surface area contributed by atoms with Crippen LogP contribution in [0.15, 0.2) is 36.4 Å². The van der Waals surface area contributed by atoms with Crippen molar-refractivity contribution in [3.63, 3.8) is 0 Å². The lowest BCUT2D eigenvalue weighted by Gasteiger charge is -2.09. The number of rotatable bonds is 6. The Balaban J connectivity index is 2.06. The fourth-order valence-electron chi connectivity index (χ4n) is 1.73. The highest BCUT2D eigenvalue weighted by Crippen LogP contribution is 2.23. The van der Waals surface area contributed by atoms with Crippen LogP contribution in [0.3, 0.4) is 0 Å². The van der Waals surface area contributed by atoms with Crippen molar-refractivity contribution < 1.29 is 9.53 Å². The van der Waals surface area contributed by atoms with Crippen molar-refractivity contribution >= 4 is 17.4 Å². The van der Waals surface area contributed by atoms with Crippen molar-refractivity contribution in [2.45, 2.75) is 13.3 Å². The van der Waals surface area contributed by atoms with E-state index in [9.17, 15) is 4.79 Å². The quantitative estimate of drug-likeness (QED) is 0.853. The monoisotopic (exact) mass is 286 g/mol. The first-order valence-corrected chi connectivity index (χ1v) is 6.76. The summed E-state index contributed by atoms with van der Waals surface area (Å²) in [7, 11) is 1.55. The Morgan fingerprint density at radius 3 is 2.67 bits per heavy atom. The highest BCUT2D eigenvalue weighted by molar-refractivity contribution is 6.03. The van der Waals surface area contributed by atoms with Gasteiger partial charge in [-0.1, -0.05) is 19.1 Å². The Labute approximate surface area is 123 Å². The van der Waals surface area contributed by atoms with Crippen LogP contribution in [0.1, 0.15) is 23.8 Å². The van der Waals surface area contributed by atoms with Crippen LogP contribution >= 0.6 is 0 Å². The van der Waals surface area contributed by atoms with E-state index in [1.165, 1.54) is 0 Å². The molecule has 0 aliphatic carbocycles. The predicted octanol–water partition coefficient (Wildman–Crippen LogP) is 2.56. The minimum Gasteiger partial charge on any atom is -0.495 e. The molecule has 6 heteroatoms. The molecule has 0 atom stereocenters. The van der Waals surface area contributed by atoms with E-state index < -0.39 is 0 Å². The number of nitrogens with zero attached hydrogens (tertiary/aromatic N) is 2. The van der Waals surface area contributed by atoms with E-state index in [2.05, 4.69) is 27.8 Å². The van der Waals surface area contributed by atoms with Crippen molar-refractivity contribution in [2.24, 2.45) is 0 Å². The number of benzene rings is 1. The maximum Gasteiger partial charge on any atom is 0.276 e. The molecule has 0 fully saturated rings. The molecular weight excluding hydrogens is 268 g/mol. The molecule has 1 aromatic heterocycles. The number of nitrogens with one attached hydrogen (secondary N) is 2. The Kier molecular flexibility index (Phi) is 5.09. The summed E-state index contributed by atoms with van der Waals surface area (Å²) in [6.07, 6.45) is 0.998. The Morgan fingerprint density at radius 1 is 1.19 bits per heavy atom. The van der Waals surface area contributed by atoms with Crippen molar-refractivity contribution in [3.8, 4) is 5.75 Å². The first-order chi connectivity index (χ1) is 10.2. The number of amides is 1. The minimum absolute atomic E-state index is 0.253. The molecule has 0 spiro atoms. The number of ether oxygens (including phenoxy) is 1. The van der Waals surface area contributed by atoms with Crippen LogP contribution in [0, 0.1) is 0 Å². The number of hydrogen-bond donors (Lipinski definition) is 2. The summed E-state index contributed by atoms with van der Waals surface area (Å²) in [4.78, 5) is 12.1. The fraction of sp³-hybridized carbons (Fsp3) is 0.267. The van der Waals surface area contributed by atoms with Gasteiger partial charge in [0.2, 0.25) is 0 Å². The van der Waals surface area contributed by atoms with E-state index in [1.807, 2.05) is 12.1 Å². The van der Waals surface area contributed by atoms with Gasteiger partial charge in [0.15, 0.2) is 5.69 Å². The first-order valence-electron chi connectivity index (χ1n) is 6.76. The zero-order chi connectivity index (χ0) is 15.1. The van der Waals surface area contributed by atoms with Gasteiger partial charge in [-0.2, -0.15) is 0 Å². The van der Waals surface area contributed by atoms with Crippen LogP contribution in [0.25, 0.3) is 0 Å². The van der Waals surface area contributed by atoms with E-state index >= 15 is 0 Å². The van der Waals surface area contributed by atoms with E-state index in [1.54, 1.807) is 31.4 Å². The maximum atomic E-state index is 12.1. The van der Waals surface area contributed by atoms with E-state index in [-0.39, 0.29) is 11.6 Å². The van der Waals surface area contributed by atoms with Gasteiger partial charge in [-0.05, 0) is 30.7 Å². The molecule has 0 saturated heterocycles. The summed E-state index contributed by atoms with van der Waals surface area (Å²) >= 11 is 0. The summed E-state index contributed by atoms with van der Waals surface area (Å²) in [5.74, 6) is 0.930. The molecule has 0 unspecified atom stereocenters. The smallest absolute Gasteiger partial charge is 0.276 e. The molecule has 2 aromatic rings. The third-order valence-electron chi connectivity index (χ3n) is 2.81. The third kappa shape index (κ3) is 3.92. The largest absolute Gasteiger partial charge is 0.495 e. The summed E-state index contributed by atoms with van der Waals surface area (Å²) in [6.45, 7) is 2.89. The number of aromatic nitrogens is 2. The van der Waals surface area contributed by atoms with Crippen molar-refractivity contribution in [1.29, 1.82) is 0 Å². The second-order valence-electron chi connectivity index (χ2n) is 4.38. The fourth-order valence-corrected chi connectivity index (χ4v) is 1.73. The third-order valence-corrected chi connectivity index (χ3v) is 2.81. The minimum atomic E-state index is -0.325. The SMILES string of the molecule is CCCNc1ccc(C(=O)Nc2ccccc2OC)nn1. The van der Waals surface area contributed by atoms with Gasteiger partial charge in [0.05, 0.1) is 12.8 Å². The highest BCUT2D eigenvalue weighted by Gasteiger charge is 2.11. The predicted molar refractivity (Wildman–Crippen MR) is 81.8 cm³/mol. The van der Waals surface area contributed by atoms with Crippen LogP contribution < -0.4 is 15.4 Å². The number of para-hydroxylation sites is 2. The Hall–Kier alpha value is -2.63. The van der Waals surface area contributed by atoms with Gasteiger partial charge in [0.25, 0.3) is 5.91 Å². The molecule has 0 radical (unpaired) electrons. The molecule has 1 heterocycles. The van der Waals surface area contributed by atoms with Gasteiger partial charge in [-0.25, -0.2) is 0 Å². The van der Waals surface area contributed by atoms with Crippen LogP contribution in [0.2, 0.25) is 0 Å². The molecule has 2 N–H and O–H groups in total. The van der Waals surface area contributed by atoms with Gasteiger partial charge in [0, 0.05) is 6.54 Å². The van der Waals surface area contributed by atoms with Gasteiger partial charge in [0.1, 0.15) is 11.6 Å². The molecular formula is C15H18N4O2.